The second kappa shape index (κ2) is 10.5. The lowest BCUT2D eigenvalue weighted by molar-refractivity contribution is 0.0225. The van der Waals surface area contributed by atoms with Crippen LogP contribution in [0.1, 0.15) is 31.3 Å². The number of hydrogen-bond acceptors (Lipinski definition) is 9. The molecule has 1 aromatic carbocycles. The molecule has 1 amide bonds. The molecular weight excluding hydrogens is 529 g/mol. The van der Waals surface area contributed by atoms with Crippen LogP contribution in [0.15, 0.2) is 29.6 Å². The van der Waals surface area contributed by atoms with Crippen LogP contribution >= 0.6 is 22.7 Å². The molecule has 0 fully saturated rings. The van der Waals surface area contributed by atoms with E-state index in [9.17, 15) is 14.3 Å². The smallest absolute Gasteiger partial charge is 0.410 e. The van der Waals surface area contributed by atoms with E-state index in [1.807, 2.05) is 26.2 Å². The SMILES string of the molecule is COCCOc1cc(F)ccc1-c1c(-c2nc3c(s2)CN(C(=O)OC(C)(C)C)CC3)nc(O)c2ccsc12. The molecule has 0 spiro atoms. The first-order valence-corrected chi connectivity index (χ1v) is 13.8. The first-order chi connectivity index (χ1) is 18.1. The molecule has 200 valence electrons. The summed E-state index contributed by atoms with van der Waals surface area (Å²) in [4.78, 5) is 24.7. The summed E-state index contributed by atoms with van der Waals surface area (Å²) >= 11 is 2.87. The Kier molecular flexibility index (Phi) is 7.26. The molecule has 0 unspecified atom stereocenters. The van der Waals surface area contributed by atoms with Crippen molar-refractivity contribution in [3.05, 3.63) is 46.0 Å². The maximum absolute atomic E-state index is 14.3. The van der Waals surface area contributed by atoms with Crippen LogP contribution in [-0.2, 0) is 22.4 Å². The highest BCUT2D eigenvalue weighted by molar-refractivity contribution is 7.18. The van der Waals surface area contributed by atoms with Gasteiger partial charge < -0.3 is 24.2 Å². The predicted octanol–water partition coefficient (Wildman–Crippen LogP) is 6.25. The van der Waals surface area contributed by atoms with E-state index >= 15 is 0 Å². The second-order valence-electron chi connectivity index (χ2n) is 9.84. The van der Waals surface area contributed by atoms with E-state index in [0.717, 1.165) is 15.3 Å². The lowest BCUT2D eigenvalue weighted by Crippen LogP contribution is -2.39. The lowest BCUT2D eigenvalue weighted by atomic mass is 10.0. The number of ether oxygens (including phenoxy) is 3. The van der Waals surface area contributed by atoms with Crippen LogP contribution in [0.5, 0.6) is 11.6 Å². The number of hydrogen-bond donors (Lipinski definition) is 1. The van der Waals surface area contributed by atoms with Crippen LogP contribution in [-0.4, -0.2) is 58.5 Å². The van der Waals surface area contributed by atoms with Gasteiger partial charge in [-0.3, -0.25) is 0 Å². The van der Waals surface area contributed by atoms with Crippen LogP contribution in [0.3, 0.4) is 0 Å². The third kappa shape index (κ3) is 5.31. The van der Waals surface area contributed by atoms with E-state index in [-0.39, 0.29) is 18.6 Å². The summed E-state index contributed by atoms with van der Waals surface area (Å²) in [6, 6.07) is 6.18. The molecule has 1 aliphatic heterocycles. The third-order valence-electron chi connectivity index (χ3n) is 5.93. The number of fused-ring (bicyclic) bond motifs is 2. The summed E-state index contributed by atoms with van der Waals surface area (Å²) in [5.74, 6) is -0.181. The van der Waals surface area contributed by atoms with E-state index in [1.54, 1.807) is 24.1 Å². The first kappa shape index (κ1) is 26.3. The molecule has 0 atom stereocenters. The molecule has 0 radical (unpaired) electrons. The van der Waals surface area contributed by atoms with Gasteiger partial charge >= 0.3 is 6.09 Å². The number of thiazole rings is 1. The van der Waals surface area contributed by atoms with Gasteiger partial charge in [0.2, 0.25) is 5.88 Å². The van der Waals surface area contributed by atoms with E-state index in [0.29, 0.717) is 59.1 Å². The van der Waals surface area contributed by atoms with Crippen molar-refractivity contribution in [3.8, 4) is 33.5 Å². The number of carbonyl (C=O) groups excluding carboxylic acids is 1. The van der Waals surface area contributed by atoms with Crippen LogP contribution in [0.25, 0.3) is 31.9 Å². The van der Waals surface area contributed by atoms with Gasteiger partial charge in [-0.25, -0.2) is 19.2 Å². The van der Waals surface area contributed by atoms with Gasteiger partial charge in [-0.2, -0.15) is 0 Å². The molecule has 4 aromatic rings. The average molecular weight is 558 g/mol. The summed E-state index contributed by atoms with van der Waals surface area (Å²) < 4.78 is 31.6. The van der Waals surface area contributed by atoms with Crippen molar-refractivity contribution < 1.29 is 28.5 Å². The minimum absolute atomic E-state index is 0.104. The maximum Gasteiger partial charge on any atom is 0.410 e. The van der Waals surface area contributed by atoms with Crippen molar-refractivity contribution in [1.82, 2.24) is 14.9 Å². The number of pyridine rings is 1. The molecule has 8 nitrogen and oxygen atoms in total. The number of amides is 1. The number of rotatable bonds is 6. The minimum Gasteiger partial charge on any atom is -0.493 e. The van der Waals surface area contributed by atoms with Gasteiger partial charge in [0, 0.05) is 46.8 Å². The van der Waals surface area contributed by atoms with E-state index in [4.69, 9.17) is 19.2 Å². The number of aromatic hydroxyl groups is 1. The number of thiophene rings is 1. The fraction of sp³-hybridized carbons (Fsp3) is 0.370. The number of halogens is 1. The summed E-state index contributed by atoms with van der Waals surface area (Å²) in [5, 5.41) is 13.9. The second-order valence-corrected chi connectivity index (χ2v) is 11.8. The molecule has 1 N–H and O–H groups in total. The van der Waals surface area contributed by atoms with Crippen molar-refractivity contribution in [2.45, 2.75) is 39.3 Å². The Morgan fingerprint density at radius 1 is 1.21 bits per heavy atom. The number of benzene rings is 1. The van der Waals surface area contributed by atoms with Crippen LogP contribution in [0.2, 0.25) is 0 Å². The zero-order chi connectivity index (χ0) is 27.0. The lowest BCUT2D eigenvalue weighted by Gasteiger charge is -2.29. The van der Waals surface area contributed by atoms with Gasteiger partial charge in [-0.1, -0.05) is 0 Å². The molecular formula is C27H28FN3O5S2. The average Bonchev–Trinajstić information content (AvgIpc) is 3.51. The molecule has 3 aromatic heterocycles. The molecule has 0 saturated heterocycles. The molecule has 1 aliphatic rings. The quantitative estimate of drug-likeness (QED) is 0.280. The third-order valence-corrected chi connectivity index (χ3v) is 7.95. The molecule has 0 bridgehead atoms. The number of nitrogens with zero attached hydrogens (tertiary/aromatic N) is 3. The zero-order valence-electron chi connectivity index (χ0n) is 21.5. The van der Waals surface area contributed by atoms with Gasteiger partial charge in [0.25, 0.3) is 0 Å². The monoisotopic (exact) mass is 557 g/mol. The molecule has 0 saturated carbocycles. The van der Waals surface area contributed by atoms with Crippen LogP contribution < -0.4 is 4.74 Å². The fourth-order valence-corrected chi connectivity index (χ4v) is 6.32. The summed E-state index contributed by atoms with van der Waals surface area (Å²) in [6.45, 7) is 6.99. The molecule has 11 heteroatoms. The number of methoxy groups -OCH3 is 1. The highest BCUT2D eigenvalue weighted by atomic mass is 32.1. The number of aromatic nitrogens is 2. The zero-order valence-corrected chi connectivity index (χ0v) is 23.2. The number of carbonyl (C=O) groups is 1. The van der Waals surface area contributed by atoms with Gasteiger partial charge in [-0.05, 0) is 44.4 Å². The Balaban J connectivity index is 1.59. The Bertz CT molecular complexity index is 1490. The highest BCUT2D eigenvalue weighted by Crippen LogP contribution is 2.47. The van der Waals surface area contributed by atoms with Crippen LogP contribution in [0.4, 0.5) is 9.18 Å². The van der Waals surface area contributed by atoms with Crippen molar-refractivity contribution in [3.63, 3.8) is 0 Å². The van der Waals surface area contributed by atoms with Crippen molar-refractivity contribution in [1.29, 1.82) is 0 Å². The Morgan fingerprint density at radius 2 is 2.03 bits per heavy atom. The van der Waals surface area contributed by atoms with E-state index in [1.165, 1.54) is 34.8 Å². The van der Waals surface area contributed by atoms with Crippen molar-refractivity contribution in [2.75, 3.05) is 26.9 Å². The Hall–Kier alpha value is -3.28. The Morgan fingerprint density at radius 3 is 2.79 bits per heavy atom. The van der Waals surface area contributed by atoms with Gasteiger partial charge in [0.1, 0.15) is 34.5 Å². The topological polar surface area (TPSA) is 94.0 Å². The van der Waals surface area contributed by atoms with E-state index in [2.05, 4.69) is 4.98 Å². The molecule has 4 heterocycles. The van der Waals surface area contributed by atoms with E-state index < -0.39 is 11.4 Å². The van der Waals surface area contributed by atoms with Crippen molar-refractivity contribution in [2.24, 2.45) is 0 Å². The molecule has 5 rings (SSSR count). The summed E-state index contributed by atoms with van der Waals surface area (Å²) in [7, 11) is 1.57. The van der Waals surface area contributed by atoms with Gasteiger partial charge in [0.15, 0.2) is 0 Å². The first-order valence-electron chi connectivity index (χ1n) is 12.1. The fourth-order valence-electron chi connectivity index (χ4n) is 4.25. The molecule has 38 heavy (non-hydrogen) atoms. The molecule has 0 aliphatic carbocycles. The van der Waals surface area contributed by atoms with Crippen LogP contribution in [0, 0.1) is 5.82 Å². The summed E-state index contributed by atoms with van der Waals surface area (Å²) in [6.07, 6.45) is 0.217. The van der Waals surface area contributed by atoms with Gasteiger partial charge in [-0.15, -0.1) is 22.7 Å². The highest BCUT2D eigenvalue weighted by Gasteiger charge is 2.30. The standard InChI is InChI=1S/C27H28FN3O5S2/c1-27(2,3)36-26(33)31-9-7-18-20(14-31)38-25(29-18)22-21(23-17(8-12-37-23)24(32)30-22)16-6-5-15(28)13-19(16)35-11-10-34-4/h5-6,8,12-13H,7,9-11,14H2,1-4H3,(H,30,32). The van der Waals surface area contributed by atoms with Crippen molar-refractivity contribution >= 4 is 38.9 Å². The predicted molar refractivity (Wildman–Crippen MR) is 146 cm³/mol. The van der Waals surface area contributed by atoms with Gasteiger partial charge in [0.05, 0.1) is 24.2 Å². The largest absolute Gasteiger partial charge is 0.493 e. The summed E-state index contributed by atoms with van der Waals surface area (Å²) in [5.41, 5.74) is 2.13. The minimum atomic E-state index is -0.582. The Labute approximate surface area is 227 Å². The normalized spacial score (nSPS) is 13.6. The maximum atomic E-state index is 14.3.